The zero-order valence-electron chi connectivity index (χ0n) is 18.9. The Morgan fingerprint density at radius 2 is 1.62 bits per heavy atom. The van der Waals surface area contributed by atoms with Crippen LogP contribution in [0.2, 0.25) is 0 Å². The van der Waals surface area contributed by atoms with Crippen molar-refractivity contribution in [1.82, 2.24) is 20.4 Å². The smallest absolute Gasteiger partial charge is 0.262 e. The third-order valence-corrected chi connectivity index (χ3v) is 7.23. The molecule has 0 spiro atoms. The van der Waals surface area contributed by atoms with E-state index in [-0.39, 0.29) is 11.1 Å². The summed E-state index contributed by atoms with van der Waals surface area (Å²) in [4.78, 5) is 54.5. The van der Waals surface area contributed by atoms with E-state index in [9.17, 15) is 19.2 Å². The van der Waals surface area contributed by atoms with Gasteiger partial charge in [0.1, 0.15) is 11.9 Å². The molecule has 0 aromatic heterocycles. The predicted molar refractivity (Wildman–Crippen MR) is 122 cm³/mol. The number of hydrogen-bond acceptors (Lipinski definition) is 7. The number of amides is 4. The number of fused-ring (bicyclic) bond motifs is 1. The first-order valence-electron chi connectivity index (χ1n) is 11.8. The Labute approximate surface area is 196 Å². The SMILES string of the molecule is O=C1C=CC(N2C(=O)c3cc(F)c(N4CCN(CCC5CCNCC5)CC4)cc3C2=O)C(=O)N1. The topological polar surface area (TPSA) is 102 Å². The summed E-state index contributed by atoms with van der Waals surface area (Å²) >= 11 is 0. The molecule has 1 aromatic rings. The van der Waals surface area contributed by atoms with Crippen molar-refractivity contribution in [1.29, 1.82) is 0 Å². The third-order valence-electron chi connectivity index (χ3n) is 7.23. The van der Waals surface area contributed by atoms with E-state index in [1.54, 1.807) is 0 Å². The van der Waals surface area contributed by atoms with Crippen LogP contribution in [0.25, 0.3) is 0 Å². The molecule has 0 radical (unpaired) electrons. The molecule has 4 aliphatic rings. The van der Waals surface area contributed by atoms with E-state index in [1.165, 1.54) is 31.4 Å². The number of carbonyl (C=O) groups excluding carboxylic acids is 4. The molecule has 180 valence electrons. The molecule has 4 amide bonds. The molecule has 10 heteroatoms. The van der Waals surface area contributed by atoms with E-state index in [0.29, 0.717) is 18.8 Å². The maximum atomic E-state index is 15.0. The normalized spacial score (nSPS) is 24.1. The van der Waals surface area contributed by atoms with E-state index >= 15 is 4.39 Å². The molecular weight excluding hydrogens is 441 g/mol. The van der Waals surface area contributed by atoms with Crippen LogP contribution in [0.1, 0.15) is 40.0 Å². The number of carbonyl (C=O) groups is 4. The minimum atomic E-state index is -1.24. The number of hydrogen-bond donors (Lipinski definition) is 2. The summed E-state index contributed by atoms with van der Waals surface area (Å²) < 4.78 is 15.0. The Bertz CT molecular complexity index is 1060. The molecule has 0 bridgehead atoms. The molecule has 2 saturated heterocycles. The summed E-state index contributed by atoms with van der Waals surface area (Å²) in [6, 6.07) is 1.27. The Kier molecular flexibility index (Phi) is 6.18. The highest BCUT2D eigenvalue weighted by molar-refractivity contribution is 6.24. The Morgan fingerprint density at radius 1 is 0.941 bits per heavy atom. The molecule has 9 nitrogen and oxygen atoms in total. The minimum absolute atomic E-state index is 0.0649. The van der Waals surface area contributed by atoms with E-state index in [2.05, 4.69) is 15.5 Å². The van der Waals surface area contributed by atoms with Crippen molar-refractivity contribution in [2.24, 2.45) is 5.92 Å². The van der Waals surface area contributed by atoms with Gasteiger partial charge in [0.15, 0.2) is 0 Å². The standard InChI is InChI=1S/C24H28FN5O4/c25-18-13-16-17(24(34)30(23(16)33)19-1-2-21(31)27-22(19)32)14-20(18)29-11-9-28(10-12-29)8-5-15-3-6-26-7-4-15/h1-2,13-15,19,26H,3-12H2,(H,27,31,32). The number of piperazine rings is 1. The van der Waals surface area contributed by atoms with Crippen LogP contribution in [0.3, 0.4) is 0 Å². The van der Waals surface area contributed by atoms with Crippen molar-refractivity contribution in [2.45, 2.75) is 25.3 Å². The van der Waals surface area contributed by atoms with Crippen LogP contribution in [0, 0.1) is 11.7 Å². The summed E-state index contributed by atoms with van der Waals surface area (Å²) in [6.45, 7) is 6.09. The third kappa shape index (κ3) is 4.23. The maximum Gasteiger partial charge on any atom is 0.262 e. The molecule has 5 rings (SSSR count). The van der Waals surface area contributed by atoms with Gasteiger partial charge in [0.25, 0.3) is 17.7 Å². The van der Waals surface area contributed by atoms with Gasteiger partial charge in [-0.05, 0) is 63.0 Å². The van der Waals surface area contributed by atoms with Crippen molar-refractivity contribution < 1.29 is 23.6 Å². The molecule has 1 aromatic carbocycles. The van der Waals surface area contributed by atoms with Crippen LogP contribution in [0.4, 0.5) is 10.1 Å². The second-order valence-electron chi connectivity index (χ2n) is 9.30. The Balaban J connectivity index is 1.26. The number of anilines is 1. The van der Waals surface area contributed by atoms with E-state index in [1.807, 2.05) is 4.90 Å². The van der Waals surface area contributed by atoms with Gasteiger partial charge in [0, 0.05) is 32.3 Å². The van der Waals surface area contributed by atoms with Crippen molar-refractivity contribution in [3.63, 3.8) is 0 Å². The molecule has 34 heavy (non-hydrogen) atoms. The first-order chi connectivity index (χ1) is 16.4. The number of benzene rings is 1. The van der Waals surface area contributed by atoms with Gasteiger partial charge in [-0.15, -0.1) is 0 Å². The fraction of sp³-hybridized carbons (Fsp3) is 0.500. The first kappa shape index (κ1) is 22.7. The zero-order valence-corrected chi connectivity index (χ0v) is 18.9. The van der Waals surface area contributed by atoms with Crippen LogP contribution >= 0.6 is 0 Å². The van der Waals surface area contributed by atoms with Gasteiger partial charge in [0.05, 0.1) is 16.8 Å². The lowest BCUT2D eigenvalue weighted by Gasteiger charge is -2.37. The van der Waals surface area contributed by atoms with Crippen LogP contribution in [-0.2, 0) is 9.59 Å². The van der Waals surface area contributed by atoms with Gasteiger partial charge >= 0.3 is 0 Å². The maximum absolute atomic E-state index is 15.0. The molecule has 1 atom stereocenters. The van der Waals surface area contributed by atoms with Gasteiger partial charge in [0.2, 0.25) is 5.91 Å². The molecule has 2 N–H and O–H groups in total. The highest BCUT2D eigenvalue weighted by Gasteiger charge is 2.44. The van der Waals surface area contributed by atoms with E-state index in [4.69, 9.17) is 0 Å². The van der Waals surface area contributed by atoms with E-state index in [0.717, 1.165) is 55.7 Å². The van der Waals surface area contributed by atoms with Gasteiger partial charge in [-0.1, -0.05) is 0 Å². The van der Waals surface area contributed by atoms with Crippen molar-refractivity contribution in [3.05, 3.63) is 41.2 Å². The van der Waals surface area contributed by atoms with Gasteiger partial charge in [-0.25, -0.2) is 4.39 Å². The first-order valence-corrected chi connectivity index (χ1v) is 11.8. The lowest BCUT2D eigenvalue weighted by atomic mass is 9.94. The largest absolute Gasteiger partial charge is 0.367 e. The number of nitrogens with zero attached hydrogens (tertiary/aromatic N) is 3. The lowest BCUT2D eigenvalue weighted by molar-refractivity contribution is -0.130. The van der Waals surface area contributed by atoms with Gasteiger partial charge in [-0.2, -0.15) is 0 Å². The zero-order chi connectivity index (χ0) is 23.8. The highest BCUT2D eigenvalue weighted by atomic mass is 19.1. The highest BCUT2D eigenvalue weighted by Crippen LogP contribution is 2.32. The summed E-state index contributed by atoms with van der Waals surface area (Å²) in [6.07, 6.45) is 5.93. The Hall–Kier alpha value is -3.11. The molecule has 0 saturated carbocycles. The van der Waals surface area contributed by atoms with Crippen molar-refractivity contribution >= 4 is 29.3 Å². The second-order valence-corrected chi connectivity index (χ2v) is 9.30. The molecular formula is C24H28FN5O4. The van der Waals surface area contributed by atoms with E-state index < -0.39 is 35.5 Å². The number of rotatable bonds is 5. The van der Waals surface area contributed by atoms with Gasteiger partial charge in [-0.3, -0.25) is 34.3 Å². The van der Waals surface area contributed by atoms with Gasteiger partial charge < -0.3 is 10.2 Å². The second kappa shape index (κ2) is 9.27. The monoisotopic (exact) mass is 469 g/mol. The predicted octanol–water partition coefficient (Wildman–Crippen LogP) is 0.515. The number of imide groups is 2. The molecule has 0 aliphatic carbocycles. The fourth-order valence-corrected chi connectivity index (χ4v) is 5.22. The van der Waals surface area contributed by atoms with Crippen LogP contribution in [-0.4, -0.2) is 85.3 Å². The molecule has 4 heterocycles. The quantitative estimate of drug-likeness (QED) is 0.606. The number of nitrogens with one attached hydrogen (secondary N) is 2. The van der Waals surface area contributed by atoms with Crippen molar-refractivity contribution in [2.75, 3.05) is 50.7 Å². The minimum Gasteiger partial charge on any atom is -0.367 e. The molecule has 1 unspecified atom stereocenters. The molecule has 2 fully saturated rings. The summed E-state index contributed by atoms with van der Waals surface area (Å²) in [5, 5.41) is 5.47. The van der Waals surface area contributed by atoms with Crippen LogP contribution < -0.4 is 15.5 Å². The average molecular weight is 470 g/mol. The average Bonchev–Trinajstić information content (AvgIpc) is 3.07. The Morgan fingerprint density at radius 3 is 2.29 bits per heavy atom. The van der Waals surface area contributed by atoms with Crippen LogP contribution in [0.15, 0.2) is 24.3 Å². The number of halogens is 1. The summed E-state index contributed by atoms with van der Waals surface area (Å²) in [5.74, 6) is -2.58. The fourth-order valence-electron chi connectivity index (χ4n) is 5.22. The number of piperidine rings is 1. The summed E-state index contributed by atoms with van der Waals surface area (Å²) in [5.41, 5.74) is 0.302. The summed E-state index contributed by atoms with van der Waals surface area (Å²) in [7, 11) is 0. The van der Waals surface area contributed by atoms with Crippen LogP contribution in [0.5, 0.6) is 0 Å². The van der Waals surface area contributed by atoms with Crippen molar-refractivity contribution in [3.8, 4) is 0 Å². The lowest BCUT2D eigenvalue weighted by Crippen LogP contribution is -2.51. The molecule has 4 aliphatic heterocycles.